The van der Waals surface area contributed by atoms with Gasteiger partial charge in [0.05, 0.1) is 5.39 Å². The van der Waals surface area contributed by atoms with Crippen molar-refractivity contribution in [3.05, 3.63) is 35.2 Å². The van der Waals surface area contributed by atoms with Crippen LogP contribution in [0.15, 0.2) is 24.5 Å². The van der Waals surface area contributed by atoms with Crippen LogP contribution in [0.25, 0.3) is 20.3 Å². The fraction of sp³-hybridized carbons (Fsp3) is 0.167. The Kier molecular flexibility index (Phi) is 2.70. The maximum Gasteiger partial charge on any atom is 0.141 e. The molecule has 0 unspecified atom stereocenters. The second-order valence-electron chi connectivity index (χ2n) is 3.75. The second-order valence-corrected chi connectivity index (χ2v) is 5.14. The topological polar surface area (TPSA) is 46.0 Å². The summed E-state index contributed by atoms with van der Waals surface area (Å²) in [6.45, 7) is 0.151. The van der Waals surface area contributed by atoms with E-state index >= 15 is 0 Å². The van der Waals surface area contributed by atoms with Gasteiger partial charge in [-0.1, -0.05) is 17.7 Å². The predicted octanol–water partition coefficient (Wildman–Crippen LogP) is 3.03. The van der Waals surface area contributed by atoms with E-state index in [-0.39, 0.29) is 6.61 Å². The molecule has 2 aromatic heterocycles. The highest BCUT2D eigenvalue weighted by Gasteiger charge is 2.10. The maximum absolute atomic E-state index is 8.96. The first-order chi connectivity index (χ1) is 8.29. The van der Waals surface area contributed by atoms with Crippen molar-refractivity contribution in [2.75, 3.05) is 6.61 Å². The molecule has 0 radical (unpaired) electrons. The number of hydrogen-bond donors (Lipinski definition) is 1. The van der Waals surface area contributed by atoms with E-state index in [2.05, 4.69) is 16.0 Å². The number of aliphatic hydroxyl groups is 1. The predicted molar refractivity (Wildman–Crippen MR) is 70.7 cm³/mol. The molecule has 3 nitrogen and oxygen atoms in total. The van der Waals surface area contributed by atoms with Gasteiger partial charge in [0.1, 0.15) is 16.3 Å². The summed E-state index contributed by atoms with van der Waals surface area (Å²) < 4.78 is 1.14. The molecule has 0 bridgehead atoms. The van der Waals surface area contributed by atoms with Crippen LogP contribution in [0.5, 0.6) is 0 Å². The average molecular weight is 265 g/mol. The molecule has 86 valence electrons. The lowest BCUT2D eigenvalue weighted by atomic mass is 10.1. The summed E-state index contributed by atoms with van der Waals surface area (Å²) in [7, 11) is 0. The van der Waals surface area contributed by atoms with Crippen molar-refractivity contribution < 1.29 is 5.11 Å². The molecule has 3 aromatic rings. The largest absolute Gasteiger partial charge is 0.396 e. The molecule has 0 aliphatic carbocycles. The molecule has 17 heavy (non-hydrogen) atoms. The molecule has 2 heterocycles. The van der Waals surface area contributed by atoms with E-state index in [4.69, 9.17) is 16.7 Å². The van der Waals surface area contributed by atoms with Crippen LogP contribution in [0.3, 0.4) is 0 Å². The van der Waals surface area contributed by atoms with Crippen molar-refractivity contribution in [3.8, 4) is 0 Å². The number of aromatic nitrogens is 2. The number of hydrogen-bond acceptors (Lipinski definition) is 4. The summed E-state index contributed by atoms with van der Waals surface area (Å²) in [4.78, 5) is 9.15. The zero-order chi connectivity index (χ0) is 11.8. The molecule has 0 saturated heterocycles. The minimum absolute atomic E-state index is 0.151. The van der Waals surface area contributed by atoms with E-state index in [1.54, 1.807) is 11.3 Å². The van der Waals surface area contributed by atoms with Gasteiger partial charge >= 0.3 is 0 Å². The summed E-state index contributed by atoms with van der Waals surface area (Å²) in [5, 5.41) is 11.4. The van der Waals surface area contributed by atoms with E-state index in [1.165, 1.54) is 6.33 Å². The number of aliphatic hydroxyl groups excluding tert-OH is 1. The van der Waals surface area contributed by atoms with Gasteiger partial charge in [0.15, 0.2) is 0 Å². The van der Waals surface area contributed by atoms with Gasteiger partial charge in [0, 0.05) is 16.7 Å². The van der Waals surface area contributed by atoms with Gasteiger partial charge in [0.2, 0.25) is 0 Å². The minimum Gasteiger partial charge on any atom is -0.396 e. The summed E-state index contributed by atoms with van der Waals surface area (Å²) >= 11 is 7.72. The molecule has 0 aliphatic heterocycles. The van der Waals surface area contributed by atoms with Gasteiger partial charge < -0.3 is 5.11 Å². The Hall–Kier alpha value is -1.23. The molecule has 5 heteroatoms. The summed E-state index contributed by atoms with van der Waals surface area (Å²) in [5.41, 5.74) is 1.10. The smallest absolute Gasteiger partial charge is 0.141 e. The highest BCUT2D eigenvalue weighted by molar-refractivity contribution is 7.25. The first kappa shape index (κ1) is 10.9. The van der Waals surface area contributed by atoms with Gasteiger partial charge in [-0.05, 0) is 24.1 Å². The molecule has 1 N–H and O–H groups in total. The molecular weight excluding hydrogens is 256 g/mol. The molecule has 0 aliphatic rings. The van der Waals surface area contributed by atoms with Crippen molar-refractivity contribution in [2.24, 2.45) is 0 Å². The Labute approximate surface area is 107 Å². The average Bonchev–Trinajstić information content (AvgIpc) is 2.68. The van der Waals surface area contributed by atoms with Crippen molar-refractivity contribution >= 4 is 43.2 Å². The first-order valence-corrected chi connectivity index (χ1v) is 6.41. The summed E-state index contributed by atoms with van der Waals surface area (Å²) in [6.07, 6.45) is 2.13. The number of nitrogens with zero attached hydrogens (tertiary/aromatic N) is 2. The van der Waals surface area contributed by atoms with Gasteiger partial charge in [0.25, 0.3) is 0 Å². The van der Waals surface area contributed by atoms with E-state index in [9.17, 15) is 0 Å². The Morgan fingerprint density at radius 3 is 3.00 bits per heavy atom. The van der Waals surface area contributed by atoms with Crippen LogP contribution in [-0.4, -0.2) is 21.7 Å². The standard InChI is InChI=1S/C12H9ClN2OS/c13-11-10-8-5-7(3-4-16)1-2-9(8)17-12(10)15-6-14-11/h1-2,5-6,16H,3-4H2. The lowest BCUT2D eigenvalue weighted by Crippen LogP contribution is -1.89. The van der Waals surface area contributed by atoms with E-state index in [0.717, 1.165) is 25.9 Å². The Morgan fingerprint density at radius 1 is 1.29 bits per heavy atom. The molecule has 0 amide bonds. The lowest BCUT2D eigenvalue weighted by Gasteiger charge is -1.98. The Bertz CT molecular complexity index is 695. The van der Waals surface area contributed by atoms with Crippen LogP contribution in [-0.2, 0) is 6.42 Å². The van der Waals surface area contributed by atoms with Crippen LogP contribution in [0.2, 0.25) is 5.15 Å². The first-order valence-electron chi connectivity index (χ1n) is 5.22. The quantitative estimate of drug-likeness (QED) is 0.724. The van der Waals surface area contributed by atoms with E-state index in [0.29, 0.717) is 11.6 Å². The van der Waals surface area contributed by atoms with Gasteiger partial charge in [-0.15, -0.1) is 11.3 Å². The van der Waals surface area contributed by atoms with Crippen LogP contribution in [0.1, 0.15) is 5.56 Å². The Morgan fingerprint density at radius 2 is 2.18 bits per heavy atom. The summed E-state index contributed by atoms with van der Waals surface area (Å²) in [6, 6.07) is 6.12. The zero-order valence-electron chi connectivity index (χ0n) is 8.85. The fourth-order valence-electron chi connectivity index (χ4n) is 1.90. The number of rotatable bonds is 2. The number of fused-ring (bicyclic) bond motifs is 3. The highest BCUT2D eigenvalue weighted by Crippen LogP contribution is 2.36. The molecule has 1 aromatic carbocycles. The van der Waals surface area contributed by atoms with Crippen LogP contribution in [0, 0.1) is 0 Å². The number of halogens is 1. The molecule has 3 rings (SSSR count). The van der Waals surface area contributed by atoms with Crippen molar-refractivity contribution in [1.82, 2.24) is 9.97 Å². The SMILES string of the molecule is OCCc1ccc2sc3ncnc(Cl)c3c2c1. The maximum atomic E-state index is 8.96. The van der Waals surface area contributed by atoms with Gasteiger partial charge in [-0.3, -0.25) is 0 Å². The van der Waals surface area contributed by atoms with E-state index in [1.807, 2.05) is 12.1 Å². The van der Waals surface area contributed by atoms with Crippen molar-refractivity contribution in [2.45, 2.75) is 6.42 Å². The third-order valence-electron chi connectivity index (χ3n) is 2.69. The summed E-state index contributed by atoms with van der Waals surface area (Å²) in [5.74, 6) is 0. The third kappa shape index (κ3) is 1.78. The van der Waals surface area contributed by atoms with Gasteiger partial charge in [-0.25, -0.2) is 9.97 Å². The number of benzene rings is 1. The zero-order valence-corrected chi connectivity index (χ0v) is 10.4. The monoisotopic (exact) mass is 264 g/mol. The Balaban J connectivity index is 2.36. The molecule has 0 atom stereocenters. The molecule has 0 fully saturated rings. The minimum atomic E-state index is 0.151. The normalized spacial score (nSPS) is 11.4. The fourth-order valence-corrected chi connectivity index (χ4v) is 3.22. The van der Waals surface area contributed by atoms with Crippen molar-refractivity contribution in [1.29, 1.82) is 0 Å². The molecule has 0 saturated carbocycles. The van der Waals surface area contributed by atoms with Crippen LogP contribution >= 0.6 is 22.9 Å². The van der Waals surface area contributed by atoms with Crippen LogP contribution in [0.4, 0.5) is 0 Å². The van der Waals surface area contributed by atoms with Crippen LogP contribution < -0.4 is 0 Å². The molecular formula is C12H9ClN2OS. The lowest BCUT2D eigenvalue weighted by molar-refractivity contribution is 0.299. The second kappa shape index (κ2) is 4.22. The van der Waals surface area contributed by atoms with Gasteiger partial charge in [-0.2, -0.15) is 0 Å². The highest BCUT2D eigenvalue weighted by atomic mass is 35.5. The van der Waals surface area contributed by atoms with Crippen molar-refractivity contribution in [3.63, 3.8) is 0 Å². The molecule has 0 spiro atoms. The number of thiophene rings is 1. The van der Waals surface area contributed by atoms with E-state index < -0.39 is 0 Å². The third-order valence-corrected chi connectivity index (χ3v) is 4.05.